The van der Waals surface area contributed by atoms with Gasteiger partial charge in [-0.3, -0.25) is 14.7 Å². The van der Waals surface area contributed by atoms with Crippen molar-refractivity contribution in [2.45, 2.75) is 13.0 Å². The second kappa shape index (κ2) is 5.84. The molecule has 1 aliphatic rings. The molecular weight excluding hydrogens is 250 g/mol. The van der Waals surface area contributed by atoms with E-state index in [1.165, 1.54) is 11.1 Å². The highest BCUT2D eigenvalue weighted by atomic mass is 16.2. The van der Waals surface area contributed by atoms with Crippen LogP contribution in [0.5, 0.6) is 0 Å². The summed E-state index contributed by atoms with van der Waals surface area (Å²) in [5.74, 6) is 0.0115. The van der Waals surface area contributed by atoms with Gasteiger partial charge in [-0.15, -0.1) is 0 Å². The molecule has 4 nitrogen and oxygen atoms in total. The van der Waals surface area contributed by atoms with Crippen LogP contribution in [0.4, 0.5) is 5.69 Å². The minimum atomic E-state index is 0.0115. The molecule has 2 aromatic rings. The van der Waals surface area contributed by atoms with Crippen molar-refractivity contribution in [2.75, 3.05) is 18.4 Å². The lowest BCUT2D eigenvalue weighted by molar-refractivity contribution is -0.117. The highest BCUT2D eigenvalue weighted by molar-refractivity contribution is 5.92. The Labute approximate surface area is 118 Å². The lowest BCUT2D eigenvalue weighted by atomic mass is 10.00. The maximum Gasteiger partial charge on any atom is 0.238 e. The van der Waals surface area contributed by atoms with Crippen LogP contribution in [0.3, 0.4) is 0 Å². The van der Waals surface area contributed by atoms with Crippen LogP contribution in [0.2, 0.25) is 0 Å². The molecule has 0 spiro atoms. The molecule has 1 aromatic carbocycles. The number of rotatable bonds is 3. The normalized spacial score (nSPS) is 14.6. The average Bonchev–Trinajstić information content (AvgIpc) is 2.48. The van der Waals surface area contributed by atoms with Crippen molar-refractivity contribution in [1.82, 2.24) is 9.88 Å². The predicted octanol–water partition coefficient (Wildman–Crippen LogP) is 2.08. The van der Waals surface area contributed by atoms with Crippen molar-refractivity contribution in [2.24, 2.45) is 0 Å². The van der Waals surface area contributed by atoms with E-state index in [0.29, 0.717) is 6.54 Å². The van der Waals surface area contributed by atoms with Crippen LogP contribution < -0.4 is 5.32 Å². The first-order valence-corrected chi connectivity index (χ1v) is 6.80. The van der Waals surface area contributed by atoms with Crippen molar-refractivity contribution >= 4 is 11.6 Å². The van der Waals surface area contributed by atoms with Gasteiger partial charge in [-0.2, -0.15) is 0 Å². The van der Waals surface area contributed by atoms with Crippen molar-refractivity contribution in [3.8, 4) is 0 Å². The van der Waals surface area contributed by atoms with Crippen LogP contribution in [0.15, 0.2) is 48.8 Å². The Morgan fingerprint density at radius 3 is 2.85 bits per heavy atom. The highest BCUT2D eigenvalue weighted by Crippen LogP contribution is 2.18. The number of hydrogen-bond acceptors (Lipinski definition) is 3. The van der Waals surface area contributed by atoms with E-state index in [9.17, 15) is 4.79 Å². The van der Waals surface area contributed by atoms with Gasteiger partial charge in [-0.05, 0) is 29.7 Å². The Kier molecular flexibility index (Phi) is 3.74. The fraction of sp³-hybridized carbons (Fsp3) is 0.250. The lowest BCUT2D eigenvalue weighted by Crippen LogP contribution is -2.37. The summed E-state index contributed by atoms with van der Waals surface area (Å²) >= 11 is 0. The lowest BCUT2D eigenvalue weighted by Gasteiger charge is -2.28. The zero-order chi connectivity index (χ0) is 13.8. The zero-order valence-corrected chi connectivity index (χ0v) is 11.2. The molecule has 0 fully saturated rings. The van der Waals surface area contributed by atoms with E-state index >= 15 is 0 Å². The summed E-state index contributed by atoms with van der Waals surface area (Å²) in [4.78, 5) is 18.2. The average molecular weight is 267 g/mol. The first-order valence-electron chi connectivity index (χ1n) is 6.80. The molecular formula is C16H17N3O. The minimum Gasteiger partial charge on any atom is -0.324 e. The largest absolute Gasteiger partial charge is 0.324 e. The third-order valence-electron chi connectivity index (χ3n) is 3.52. The number of nitrogens with zero attached hydrogens (tertiary/aromatic N) is 2. The van der Waals surface area contributed by atoms with Gasteiger partial charge in [-0.1, -0.05) is 24.3 Å². The number of anilines is 1. The summed E-state index contributed by atoms with van der Waals surface area (Å²) in [6.07, 6.45) is 4.36. The Hall–Kier alpha value is -2.20. The first kappa shape index (κ1) is 12.8. The Morgan fingerprint density at radius 1 is 1.20 bits per heavy atom. The third kappa shape index (κ3) is 3.03. The van der Waals surface area contributed by atoms with Crippen molar-refractivity contribution in [3.63, 3.8) is 0 Å². The van der Waals surface area contributed by atoms with Crippen LogP contribution in [0.25, 0.3) is 0 Å². The summed E-state index contributed by atoms with van der Waals surface area (Å²) in [6.45, 7) is 2.19. The number of pyridine rings is 1. The molecule has 20 heavy (non-hydrogen) atoms. The Balaban J connectivity index is 1.58. The van der Waals surface area contributed by atoms with Crippen molar-refractivity contribution < 1.29 is 4.79 Å². The second-order valence-electron chi connectivity index (χ2n) is 5.02. The number of nitrogens with one attached hydrogen (secondary N) is 1. The first-order chi connectivity index (χ1) is 9.81. The Morgan fingerprint density at radius 2 is 2.05 bits per heavy atom. The molecule has 102 valence electrons. The molecule has 0 radical (unpaired) electrons. The van der Waals surface area contributed by atoms with Crippen LogP contribution in [-0.2, 0) is 17.8 Å². The number of amides is 1. The van der Waals surface area contributed by atoms with Gasteiger partial charge < -0.3 is 5.32 Å². The summed E-state index contributed by atoms with van der Waals surface area (Å²) in [5, 5.41) is 2.87. The van der Waals surface area contributed by atoms with E-state index in [-0.39, 0.29) is 5.91 Å². The van der Waals surface area contributed by atoms with E-state index in [2.05, 4.69) is 39.5 Å². The van der Waals surface area contributed by atoms with Gasteiger partial charge in [0.25, 0.3) is 0 Å². The van der Waals surface area contributed by atoms with Gasteiger partial charge in [0.15, 0.2) is 0 Å². The second-order valence-corrected chi connectivity index (χ2v) is 5.02. The van der Waals surface area contributed by atoms with Crippen LogP contribution >= 0.6 is 0 Å². The summed E-state index contributed by atoms with van der Waals surface area (Å²) in [6, 6.07) is 12.1. The molecule has 4 heteroatoms. The van der Waals surface area contributed by atoms with E-state index in [1.807, 2.05) is 12.1 Å². The number of carbonyl (C=O) groups excluding carboxylic acids is 1. The SMILES string of the molecule is O=C(CN1CCc2ccccc2C1)Nc1cccnc1. The summed E-state index contributed by atoms with van der Waals surface area (Å²) in [7, 11) is 0. The maximum atomic E-state index is 12.0. The predicted molar refractivity (Wildman–Crippen MR) is 78.3 cm³/mol. The van der Waals surface area contributed by atoms with Crippen LogP contribution in [0.1, 0.15) is 11.1 Å². The molecule has 0 bridgehead atoms. The quantitative estimate of drug-likeness (QED) is 0.926. The summed E-state index contributed by atoms with van der Waals surface area (Å²) < 4.78 is 0. The molecule has 1 N–H and O–H groups in total. The van der Waals surface area contributed by atoms with Gasteiger partial charge in [0.05, 0.1) is 18.4 Å². The van der Waals surface area contributed by atoms with E-state index in [0.717, 1.165) is 25.2 Å². The van der Waals surface area contributed by atoms with E-state index in [4.69, 9.17) is 0 Å². The zero-order valence-electron chi connectivity index (χ0n) is 11.2. The molecule has 1 aliphatic heterocycles. The fourth-order valence-electron chi connectivity index (χ4n) is 2.53. The molecule has 0 saturated heterocycles. The standard InChI is InChI=1S/C16H17N3O/c20-16(18-15-6-3-8-17-10-15)12-19-9-7-13-4-1-2-5-14(13)11-19/h1-6,8,10H,7,9,11-12H2,(H,18,20). The van der Waals surface area contributed by atoms with Gasteiger partial charge in [0, 0.05) is 19.3 Å². The van der Waals surface area contributed by atoms with Gasteiger partial charge in [0.2, 0.25) is 5.91 Å². The molecule has 2 heterocycles. The Bertz CT molecular complexity index is 598. The number of benzene rings is 1. The number of aromatic nitrogens is 1. The smallest absolute Gasteiger partial charge is 0.238 e. The molecule has 1 aromatic heterocycles. The molecule has 0 saturated carbocycles. The number of fused-ring (bicyclic) bond motifs is 1. The van der Waals surface area contributed by atoms with Gasteiger partial charge >= 0.3 is 0 Å². The molecule has 0 unspecified atom stereocenters. The highest BCUT2D eigenvalue weighted by Gasteiger charge is 2.17. The molecule has 3 rings (SSSR count). The fourth-order valence-corrected chi connectivity index (χ4v) is 2.53. The maximum absolute atomic E-state index is 12.0. The third-order valence-corrected chi connectivity index (χ3v) is 3.52. The van der Waals surface area contributed by atoms with Gasteiger partial charge in [0.1, 0.15) is 0 Å². The van der Waals surface area contributed by atoms with Gasteiger partial charge in [-0.25, -0.2) is 0 Å². The monoisotopic (exact) mass is 267 g/mol. The summed E-state index contributed by atoms with van der Waals surface area (Å²) in [5.41, 5.74) is 3.47. The number of hydrogen-bond donors (Lipinski definition) is 1. The molecule has 0 aliphatic carbocycles. The van der Waals surface area contributed by atoms with Crippen molar-refractivity contribution in [1.29, 1.82) is 0 Å². The van der Waals surface area contributed by atoms with E-state index in [1.54, 1.807) is 12.4 Å². The molecule has 0 atom stereocenters. The number of carbonyl (C=O) groups is 1. The van der Waals surface area contributed by atoms with Crippen LogP contribution in [0, 0.1) is 0 Å². The molecule has 1 amide bonds. The van der Waals surface area contributed by atoms with Crippen LogP contribution in [-0.4, -0.2) is 28.9 Å². The minimum absolute atomic E-state index is 0.0115. The topological polar surface area (TPSA) is 45.2 Å². The van der Waals surface area contributed by atoms with E-state index < -0.39 is 0 Å². The van der Waals surface area contributed by atoms with Crippen molar-refractivity contribution in [3.05, 3.63) is 59.9 Å².